The first-order chi connectivity index (χ1) is 11.3. The fourth-order valence-corrected chi connectivity index (χ4v) is 2.98. The molecule has 2 N–H and O–H groups in total. The molecule has 0 aliphatic carbocycles. The maximum absolute atomic E-state index is 12.2. The van der Waals surface area contributed by atoms with Gasteiger partial charge in [-0.2, -0.15) is 11.3 Å². The molecule has 23 heavy (non-hydrogen) atoms. The summed E-state index contributed by atoms with van der Waals surface area (Å²) >= 11 is 1.60. The van der Waals surface area contributed by atoms with E-state index in [2.05, 4.69) is 20.6 Å². The zero-order valence-electron chi connectivity index (χ0n) is 12.1. The number of nitrogens with zero attached hydrogens (tertiary/aromatic N) is 3. The molecule has 4 aromatic rings. The summed E-state index contributed by atoms with van der Waals surface area (Å²) in [4.78, 5) is 15.3. The molecule has 0 aliphatic heterocycles. The Morgan fingerprint density at radius 2 is 2.26 bits per heavy atom. The van der Waals surface area contributed by atoms with E-state index >= 15 is 0 Å². The highest BCUT2D eigenvalue weighted by molar-refractivity contribution is 7.08. The molecule has 4 rings (SSSR count). The molecule has 0 saturated heterocycles. The molecule has 0 aliphatic rings. The van der Waals surface area contributed by atoms with E-state index in [0.717, 1.165) is 16.6 Å². The van der Waals surface area contributed by atoms with Gasteiger partial charge in [0.15, 0.2) is 0 Å². The predicted molar refractivity (Wildman–Crippen MR) is 88.7 cm³/mol. The number of hydrogen-bond acceptors (Lipinski definition) is 4. The minimum atomic E-state index is -0.133. The van der Waals surface area contributed by atoms with Crippen molar-refractivity contribution in [3.63, 3.8) is 0 Å². The fraction of sp³-hybridized carbons (Fsp3) is 0.0625. The molecular weight excluding hydrogens is 310 g/mol. The number of aromatic amines is 1. The monoisotopic (exact) mass is 323 g/mol. The molecule has 0 spiro atoms. The van der Waals surface area contributed by atoms with Gasteiger partial charge in [-0.3, -0.25) is 4.79 Å². The third-order valence-corrected chi connectivity index (χ3v) is 4.23. The van der Waals surface area contributed by atoms with E-state index in [-0.39, 0.29) is 5.91 Å². The summed E-state index contributed by atoms with van der Waals surface area (Å²) in [5.41, 5.74) is 3.24. The average Bonchev–Trinajstić information content (AvgIpc) is 3.32. The number of fused-ring (bicyclic) bond motifs is 1. The van der Waals surface area contributed by atoms with E-state index < -0.39 is 0 Å². The molecule has 1 amide bonds. The van der Waals surface area contributed by atoms with Crippen LogP contribution in [0.3, 0.4) is 0 Å². The minimum absolute atomic E-state index is 0.133. The van der Waals surface area contributed by atoms with Gasteiger partial charge in [0.2, 0.25) is 0 Å². The largest absolute Gasteiger partial charge is 0.361 e. The van der Waals surface area contributed by atoms with E-state index in [1.54, 1.807) is 16.0 Å². The van der Waals surface area contributed by atoms with Crippen molar-refractivity contribution in [1.29, 1.82) is 0 Å². The number of rotatable bonds is 4. The lowest BCUT2D eigenvalue weighted by molar-refractivity contribution is 0.0950. The molecule has 7 heteroatoms. The number of nitrogens with one attached hydrogen (secondary N) is 2. The number of H-pyrrole nitrogens is 1. The standard InChI is InChI=1S/C16H13N5OS/c22-16(12-2-1-11-3-5-17-15(11)7-12)18-8-13-9-21(20-19-13)14-4-6-23-10-14/h1-7,9-10,17H,8H2,(H,18,22). The Kier molecular flexibility index (Phi) is 3.39. The van der Waals surface area contributed by atoms with Gasteiger partial charge in [0.05, 0.1) is 18.4 Å². The van der Waals surface area contributed by atoms with Crippen molar-refractivity contribution in [3.8, 4) is 5.69 Å². The number of aromatic nitrogens is 4. The number of carbonyl (C=O) groups is 1. The lowest BCUT2D eigenvalue weighted by atomic mass is 10.1. The second-order valence-electron chi connectivity index (χ2n) is 5.10. The zero-order valence-corrected chi connectivity index (χ0v) is 12.9. The zero-order chi connectivity index (χ0) is 15.6. The Balaban J connectivity index is 1.45. The number of benzene rings is 1. The predicted octanol–water partition coefficient (Wildman–Crippen LogP) is 2.74. The first-order valence-electron chi connectivity index (χ1n) is 7.09. The third-order valence-electron chi connectivity index (χ3n) is 3.56. The summed E-state index contributed by atoms with van der Waals surface area (Å²) in [5, 5.41) is 16.1. The van der Waals surface area contributed by atoms with Gasteiger partial charge < -0.3 is 10.3 Å². The molecule has 0 bridgehead atoms. The van der Waals surface area contributed by atoms with Gasteiger partial charge in [-0.25, -0.2) is 4.68 Å². The maximum Gasteiger partial charge on any atom is 0.251 e. The summed E-state index contributed by atoms with van der Waals surface area (Å²) in [7, 11) is 0. The van der Waals surface area contributed by atoms with Crippen molar-refractivity contribution in [2.45, 2.75) is 6.54 Å². The highest BCUT2D eigenvalue weighted by Gasteiger charge is 2.09. The molecule has 0 fully saturated rings. The van der Waals surface area contributed by atoms with Crippen molar-refractivity contribution in [2.75, 3.05) is 0 Å². The second kappa shape index (κ2) is 5.69. The molecule has 0 saturated carbocycles. The van der Waals surface area contributed by atoms with Crippen molar-refractivity contribution >= 4 is 28.1 Å². The van der Waals surface area contributed by atoms with E-state index in [1.807, 2.05) is 53.5 Å². The molecule has 3 heterocycles. The van der Waals surface area contributed by atoms with Crippen LogP contribution in [0.1, 0.15) is 16.1 Å². The fourth-order valence-electron chi connectivity index (χ4n) is 2.36. The van der Waals surface area contributed by atoms with Crippen LogP contribution in [0.2, 0.25) is 0 Å². The van der Waals surface area contributed by atoms with Crippen molar-refractivity contribution < 1.29 is 4.79 Å². The highest BCUT2D eigenvalue weighted by Crippen LogP contribution is 2.14. The Labute approximate surface area is 135 Å². The summed E-state index contributed by atoms with van der Waals surface area (Å²) in [5.74, 6) is -0.133. The Morgan fingerprint density at radius 1 is 1.30 bits per heavy atom. The van der Waals surface area contributed by atoms with Gasteiger partial charge >= 0.3 is 0 Å². The van der Waals surface area contributed by atoms with Crippen LogP contribution in [0.5, 0.6) is 0 Å². The van der Waals surface area contributed by atoms with Gasteiger partial charge in [0, 0.05) is 22.7 Å². The quantitative estimate of drug-likeness (QED) is 0.606. The smallest absolute Gasteiger partial charge is 0.251 e. The van der Waals surface area contributed by atoms with Crippen LogP contribution < -0.4 is 5.32 Å². The molecule has 114 valence electrons. The van der Waals surface area contributed by atoms with E-state index in [1.165, 1.54) is 0 Å². The molecule has 0 atom stereocenters. The minimum Gasteiger partial charge on any atom is -0.361 e. The van der Waals surface area contributed by atoms with Gasteiger partial charge in [-0.05, 0) is 35.0 Å². The molecule has 6 nitrogen and oxygen atoms in total. The lowest BCUT2D eigenvalue weighted by Crippen LogP contribution is -2.22. The number of carbonyl (C=O) groups excluding carboxylic acids is 1. The lowest BCUT2D eigenvalue weighted by Gasteiger charge is -2.03. The Hall–Kier alpha value is -2.93. The Bertz CT molecular complexity index is 954. The topological polar surface area (TPSA) is 75.6 Å². The van der Waals surface area contributed by atoms with Crippen LogP contribution in [-0.2, 0) is 6.54 Å². The SMILES string of the molecule is O=C(NCc1cn(-c2ccsc2)nn1)c1ccc2cc[nH]c2c1. The normalized spacial score (nSPS) is 11.0. The molecule has 3 aromatic heterocycles. The third kappa shape index (κ3) is 2.74. The van der Waals surface area contributed by atoms with Crippen molar-refractivity contribution in [1.82, 2.24) is 25.3 Å². The van der Waals surface area contributed by atoms with Crippen LogP contribution in [0.4, 0.5) is 0 Å². The summed E-state index contributed by atoms with van der Waals surface area (Å²) in [6.07, 6.45) is 3.67. The summed E-state index contributed by atoms with van der Waals surface area (Å²) in [6, 6.07) is 9.52. The second-order valence-corrected chi connectivity index (χ2v) is 5.88. The number of thiophene rings is 1. The highest BCUT2D eigenvalue weighted by atomic mass is 32.1. The van der Waals surface area contributed by atoms with E-state index in [4.69, 9.17) is 0 Å². The Morgan fingerprint density at radius 3 is 3.13 bits per heavy atom. The summed E-state index contributed by atoms with van der Waals surface area (Å²) in [6.45, 7) is 0.339. The van der Waals surface area contributed by atoms with Crippen molar-refractivity contribution in [3.05, 3.63) is 64.7 Å². The molecule has 1 aromatic carbocycles. The maximum atomic E-state index is 12.2. The first kappa shape index (κ1) is 13.7. The first-order valence-corrected chi connectivity index (χ1v) is 8.03. The van der Waals surface area contributed by atoms with Crippen LogP contribution in [0, 0.1) is 0 Å². The van der Waals surface area contributed by atoms with Gasteiger partial charge in [0.25, 0.3) is 5.91 Å². The van der Waals surface area contributed by atoms with Crippen LogP contribution in [-0.4, -0.2) is 25.9 Å². The van der Waals surface area contributed by atoms with Gasteiger partial charge in [-0.15, -0.1) is 5.10 Å². The van der Waals surface area contributed by atoms with Gasteiger partial charge in [0.1, 0.15) is 5.69 Å². The van der Waals surface area contributed by atoms with Crippen LogP contribution >= 0.6 is 11.3 Å². The van der Waals surface area contributed by atoms with Gasteiger partial charge in [-0.1, -0.05) is 11.3 Å². The molecule has 0 radical (unpaired) electrons. The molecular formula is C16H13N5OS. The van der Waals surface area contributed by atoms with E-state index in [0.29, 0.717) is 17.8 Å². The summed E-state index contributed by atoms with van der Waals surface area (Å²) < 4.78 is 1.70. The van der Waals surface area contributed by atoms with E-state index in [9.17, 15) is 4.79 Å². The van der Waals surface area contributed by atoms with Crippen molar-refractivity contribution in [2.24, 2.45) is 0 Å². The average molecular weight is 323 g/mol. The molecule has 0 unspecified atom stereocenters. The van der Waals surface area contributed by atoms with Crippen LogP contribution in [0.25, 0.3) is 16.6 Å². The number of amides is 1. The number of hydrogen-bond donors (Lipinski definition) is 2. The van der Waals surface area contributed by atoms with Crippen LogP contribution in [0.15, 0.2) is 53.5 Å².